The fraction of sp³-hybridized carbons (Fsp3) is 0.588. The zero-order chi connectivity index (χ0) is 16.3. The zero-order valence-electron chi connectivity index (χ0n) is 13.7. The molecule has 22 heavy (non-hydrogen) atoms. The molecule has 0 spiro atoms. The molecule has 1 aromatic rings. The summed E-state index contributed by atoms with van der Waals surface area (Å²) in [5.74, 6) is 0. The average Bonchev–Trinajstić information content (AvgIpc) is 2.85. The predicted molar refractivity (Wildman–Crippen MR) is 91.9 cm³/mol. The van der Waals surface area contributed by atoms with Crippen molar-refractivity contribution >= 4 is 22.0 Å². The third-order valence-corrected chi connectivity index (χ3v) is 4.42. The number of rotatable bonds is 3. The molecule has 1 saturated heterocycles. The van der Waals surface area contributed by atoms with Crippen LogP contribution in [0.15, 0.2) is 28.7 Å². The van der Waals surface area contributed by atoms with Gasteiger partial charge in [-0.1, -0.05) is 34.1 Å². The van der Waals surface area contributed by atoms with Crippen molar-refractivity contribution in [2.24, 2.45) is 0 Å². The molecule has 0 bridgehead atoms. The van der Waals surface area contributed by atoms with E-state index < -0.39 is 5.60 Å². The van der Waals surface area contributed by atoms with Crippen LogP contribution in [0.1, 0.15) is 45.7 Å². The molecule has 122 valence electrons. The second-order valence-corrected chi connectivity index (χ2v) is 7.68. The minimum Gasteiger partial charge on any atom is -0.444 e. The van der Waals surface area contributed by atoms with Crippen LogP contribution >= 0.6 is 15.9 Å². The highest BCUT2D eigenvalue weighted by molar-refractivity contribution is 9.10. The van der Waals surface area contributed by atoms with Gasteiger partial charge in [0.1, 0.15) is 5.60 Å². The molecular weight excluding hydrogens is 344 g/mol. The number of likely N-dealkylation sites (tertiary alicyclic amines) is 1. The van der Waals surface area contributed by atoms with Gasteiger partial charge in [-0.05, 0) is 45.7 Å². The first-order valence-corrected chi connectivity index (χ1v) is 8.54. The topological polar surface area (TPSA) is 41.6 Å². The van der Waals surface area contributed by atoms with Gasteiger partial charge in [0.05, 0.1) is 0 Å². The number of hydrogen-bond donors (Lipinski definition) is 1. The smallest absolute Gasteiger partial charge is 0.410 e. The SMILES string of the molecule is C[C@@H](NC1CCN(C(=O)OC(C)(C)C)C1)c1ccccc1Br. The Hall–Kier alpha value is -1.07. The molecule has 0 aromatic heterocycles. The first-order chi connectivity index (χ1) is 10.3. The number of carbonyl (C=O) groups excluding carboxylic acids is 1. The van der Waals surface area contributed by atoms with Crippen LogP contribution in [-0.2, 0) is 4.74 Å². The molecule has 1 amide bonds. The molecule has 0 saturated carbocycles. The summed E-state index contributed by atoms with van der Waals surface area (Å²) < 4.78 is 6.54. The number of nitrogens with one attached hydrogen (secondary N) is 1. The van der Waals surface area contributed by atoms with Crippen LogP contribution in [0.25, 0.3) is 0 Å². The van der Waals surface area contributed by atoms with Crippen molar-refractivity contribution in [3.05, 3.63) is 34.3 Å². The van der Waals surface area contributed by atoms with E-state index >= 15 is 0 Å². The third-order valence-electron chi connectivity index (χ3n) is 3.70. The fourth-order valence-electron chi connectivity index (χ4n) is 2.66. The summed E-state index contributed by atoms with van der Waals surface area (Å²) in [6.45, 7) is 9.28. The maximum absolute atomic E-state index is 12.1. The minimum absolute atomic E-state index is 0.217. The van der Waals surface area contributed by atoms with E-state index in [1.807, 2.05) is 32.9 Å². The Kier molecular flexibility index (Phi) is 5.50. The van der Waals surface area contributed by atoms with Crippen molar-refractivity contribution in [1.82, 2.24) is 10.2 Å². The molecule has 1 N–H and O–H groups in total. The number of halogens is 1. The van der Waals surface area contributed by atoms with Crippen LogP contribution in [0.4, 0.5) is 4.79 Å². The summed E-state index contributed by atoms with van der Waals surface area (Å²) in [5, 5.41) is 3.60. The Labute approximate surface area is 141 Å². The Morgan fingerprint density at radius 1 is 1.41 bits per heavy atom. The molecule has 1 heterocycles. The molecule has 0 aliphatic carbocycles. The Morgan fingerprint density at radius 2 is 2.09 bits per heavy atom. The summed E-state index contributed by atoms with van der Waals surface area (Å²) in [6, 6.07) is 8.76. The summed E-state index contributed by atoms with van der Waals surface area (Å²) in [7, 11) is 0. The highest BCUT2D eigenvalue weighted by Gasteiger charge is 2.30. The molecule has 2 rings (SSSR count). The van der Waals surface area contributed by atoms with Crippen LogP contribution in [0.2, 0.25) is 0 Å². The van der Waals surface area contributed by atoms with Crippen molar-refractivity contribution in [3.8, 4) is 0 Å². The number of carbonyl (C=O) groups is 1. The quantitative estimate of drug-likeness (QED) is 0.872. The number of amides is 1. The van der Waals surface area contributed by atoms with Crippen molar-refractivity contribution in [2.75, 3.05) is 13.1 Å². The Balaban J connectivity index is 1.89. The highest BCUT2D eigenvalue weighted by Crippen LogP contribution is 2.24. The van der Waals surface area contributed by atoms with Gasteiger partial charge >= 0.3 is 6.09 Å². The van der Waals surface area contributed by atoms with E-state index in [1.165, 1.54) is 5.56 Å². The lowest BCUT2D eigenvalue weighted by molar-refractivity contribution is 0.0290. The molecule has 1 fully saturated rings. The largest absolute Gasteiger partial charge is 0.444 e. The lowest BCUT2D eigenvalue weighted by Gasteiger charge is -2.25. The first kappa shape index (κ1) is 17.3. The van der Waals surface area contributed by atoms with Gasteiger partial charge in [-0.25, -0.2) is 4.79 Å². The van der Waals surface area contributed by atoms with Crippen LogP contribution in [0.5, 0.6) is 0 Å². The van der Waals surface area contributed by atoms with Gasteiger partial charge in [0.2, 0.25) is 0 Å². The van der Waals surface area contributed by atoms with E-state index in [9.17, 15) is 4.79 Å². The fourth-order valence-corrected chi connectivity index (χ4v) is 3.29. The molecule has 1 aromatic carbocycles. The monoisotopic (exact) mass is 368 g/mol. The Bertz CT molecular complexity index is 528. The molecule has 2 atom stereocenters. The van der Waals surface area contributed by atoms with Crippen LogP contribution in [-0.4, -0.2) is 35.7 Å². The second-order valence-electron chi connectivity index (χ2n) is 6.82. The number of hydrogen-bond acceptors (Lipinski definition) is 3. The zero-order valence-corrected chi connectivity index (χ0v) is 15.3. The van der Waals surface area contributed by atoms with Crippen LogP contribution in [0, 0.1) is 0 Å². The van der Waals surface area contributed by atoms with Crippen LogP contribution < -0.4 is 5.32 Å². The van der Waals surface area contributed by atoms with Gasteiger partial charge in [0.25, 0.3) is 0 Å². The molecule has 5 heteroatoms. The maximum Gasteiger partial charge on any atom is 0.410 e. The molecular formula is C17H25BrN2O2. The lowest BCUT2D eigenvalue weighted by atomic mass is 10.1. The maximum atomic E-state index is 12.1. The van der Waals surface area contributed by atoms with Gasteiger partial charge in [-0.15, -0.1) is 0 Å². The van der Waals surface area contributed by atoms with Gasteiger partial charge in [-0.2, -0.15) is 0 Å². The van der Waals surface area contributed by atoms with E-state index in [1.54, 1.807) is 4.90 Å². The van der Waals surface area contributed by atoms with Gasteiger partial charge in [0, 0.05) is 29.6 Å². The molecule has 1 aliphatic rings. The normalized spacial score (nSPS) is 20.0. The van der Waals surface area contributed by atoms with Crippen molar-refractivity contribution in [2.45, 2.75) is 51.8 Å². The summed E-state index contributed by atoms with van der Waals surface area (Å²) in [5.41, 5.74) is 0.795. The molecule has 0 radical (unpaired) electrons. The van der Waals surface area contributed by atoms with Crippen molar-refractivity contribution in [1.29, 1.82) is 0 Å². The molecule has 1 aliphatic heterocycles. The molecule has 4 nitrogen and oxygen atoms in total. The third kappa shape index (κ3) is 4.71. The second kappa shape index (κ2) is 7.01. The number of benzene rings is 1. The van der Waals surface area contributed by atoms with E-state index in [2.05, 4.69) is 40.3 Å². The molecule has 1 unspecified atom stereocenters. The van der Waals surface area contributed by atoms with Gasteiger partial charge < -0.3 is 15.0 Å². The Morgan fingerprint density at radius 3 is 2.73 bits per heavy atom. The average molecular weight is 369 g/mol. The van der Waals surface area contributed by atoms with Crippen LogP contribution in [0.3, 0.4) is 0 Å². The van der Waals surface area contributed by atoms with E-state index in [0.717, 1.165) is 17.4 Å². The van der Waals surface area contributed by atoms with Crippen molar-refractivity contribution in [3.63, 3.8) is 0 Å². The summed E-state index contributed by atoms with van der Waals surface area (Å²) >= 11 is 3.59. The number of nitrogens with zero attached hydrogens (tertiary/aromatic N) is 1. The van der Waals surface area contributed by atoms with E-state index in [0.29, 0.717) is 12.6 Å². The van der Waals surface area contributed by atoms with Crippen molar-refractivity contribution < 1.29 is 9.53 Å². The van der Waals surface area contributed by atoms with Gasteiger partial charge in [0.15, 0.2) is 0 Å². The van der Waals surface area contributed by atoms with E-state index in [-0.39, 0.29) is 12.1 Å². The standard InChI is InChI=1S/C17H25BrN2O2/c1-12(14-7-5-6-8-15(14)18)19-13-9-10-20(11-13)16(21)22-17(2,3)4/h5-8,12-13,19H,9-11H2,1-4H3/t12-,13?/m1/s1. The van der Waals surface area contributed by atoms with Gasteiger partial charge in [-0.3, -0.25) is 0 Å². The summed E-state index contributed by atoms with van der Waals surface area (Å²) in [4.78, 5) is 13.9. The predicted octanol–water partition coefficient (Wildman–Crippen LogP) is 4.11. The lowest BCUT2D eigenvalue weighted by Crippen LogP contribution is -2.39. The summed E-state index contributed by atoms with van der Waals surface area (Å²) in [6.07, 6.45) is 0.735. The highest BCUT2D eigenvalue weighted by atomic mass is 79.9. The number of ether oxygens (including phenoxy) is 1. The first-order valence-electron chi connectivity index (χ1n) is 7.74. The minimum atomic E-state index is -0.440. The van der Waals surface area contributed by atoms with E-state index in [4.69, 9.17) is 4.74 Å².